The van der Waals surface area contributed by atoms with E-state index in [1.165, 1.54) is 5.56 Å². The predicted octanol–water partition coefficient (Wildman–Crippen LogP) is -0.791. The zero-order valence-corrected chi connectivity index (χ0v) is 9.70. The summed E-state index contributed by atoms with van der Waals surface area (Å²) in [6, 6.07) is 8.03. The van der Waals surface area contributed by atoms with Crippen LogP contribution < -0.4 is 56.1 Å². The Bertz CT molecular complexity index is 273. The maximum atomic E-state index is 5.34. The Morgan fingerprint density at radius 1 is 1.27 bits per heavy atom. The zero-order valence-electron chi connectivity index (χ0n) is 7.58. The largest absolute Gasteiger partial charge is 1.00 e. The van der Waals surface area contributed by atoms with Crippen LogP contribution in [0, 0.1) is 0 Å². The average Bonchev–Trinajstić information content (AvgIpc) is 2.05. The SMILES string of the molecule is C1=Cc2ccccc2OC1.[H-].[K+]. The summed E-state index contributed by atoms with van der Waals surface area (Å²) in [5, 5.41) is 0. The number of benzene rings is 1. The maximum Gasteiger partial charge on any atom is 1.00 e. The molecule has 1 heterocycles. The molecular formula is C9H9KO. The molecule has 1 aliphatic heterocycles. The van der Waals surface area contributed by atoms with Crippen molar-refractivity contribution < 1.29 is 57.5 Å². The molecule has 1 aromatic rings. The first-order valence-electron chi connectivity index (χ1n) is 3.35. The van der Waals surface area contributed by atoms with Crippen molar-refractivity contribution in [1.82, 2.24) is 0 Å². The Labute approximate surface area is 110 Å². The minimum absolute atomic E-state index is 0. The molecule has 0 bridgehead atoms. The second kappa shape index (κ2) is 4.43. The van der Waals surface area contributed by atoms with Crippen molar-refractivity contribution in [1.29, 1.82) is 0 Å². The standard InChI is InChI=1S/C9H8O.K.H/c1-2-6-9-8(4-1)5-3-7-10-9;;/h1-6H,7H2;;/q;+1;-1. The molecule has 2 rings (SSSR count). The van der Waals surface area contributed by atoms with Crippen molar-refractivity contribution in [2.24, 2.45) is 0 Å². The Kier molecular flexibility index (Phi) is 3.82. The molecule has 1 aromatic carbocycles. The van der Waals surface area contributed by atoms with Crippen molar-refractivity contribution >= 4 is 6.08 Å². The van der Waals surface area contributed by atoms with Crippen LogP contribution in [0.5, 0.6) is 5.75 Å². The number of para-hydroxylation sites is 1. The summed E-state index contributed by atoms with van der Waals surface area (Å²) in [4.78, 5) is 0. The van der Waals surface area contributed by atoms with Crippen LogP contribution in [0.3, 0.4) is 0 Å². The molecule has 2 heteroatoms. The summed E-state index contributed by atoms with van der Waals surface area (Å²) in [6.45, 7) is 0.705. The summed E-state index contributed by atoms with van der Waals surface area (Å²) in [7, 11) is 0. The van der Waals surface area contributed by atoms with Gasteiger partial charge in [-0.2, -0.15) is 0 Å². The van der Waals surface area contributed by atoms with Gasteiger partial charge in [0.2, 0.25) is 0 Å². The van der Waals surface area contributed by atoms with Gasteiger partial charge < -0.3 is 6.16 Å². The fourth-order valence-electron chi connectivity index (χ4n) is 1.06. The van der Waals surface area contributed by atoms with Crippen LogP contribution in [-0.2, 0) is 0 Å². The Morgan fingerprint density at radius 3 is 2.91 bits per heavy atom. The van der Waals surface area contributed by atoms with Crippen LogP contribution in [0.25, 0.3) is 6.08 Å². The van der Waals surface area contributed by atoms with Gasteiger partial charge in [-0.05, 0) is 12.1 Å². The molecule has 1 nitrogen and oxygen atoms in total. The molecular weight excluding hydrogens is 163 g/mol. The summed E-state index contributed by atoms with van der Waals surface area (Å²) >= 11 is 0. The fourth-order valence-corrected chi connectivity index (χ4v) is 1.06. The minimum Gasteiger partial charge on any atom is -1.00 e. The molecule has 0 saturated carbocycles. The van der Waals surface area contributed by atoms with Gasteiger partial charge in [-0.15, -0.1) is 0 Å². The van der Waals surface area contributed by atoms with E-state index in [1.54, 1.807) is 0 Å². The number of hydrogen-bond donors (Lipinski definition) is 0. The molecule has 0 N–H and O–H groups in total. The van der Waals surface area contributed by atoms with Crippen molar-refractivity contribution in [2.75, 3.05) is 6.61 Å². The average molecular weight is 172 g/mol. The van der Waals surface area contributed by atoms with E-state index < -0.39 is 0 Å². The second-order valence-electron chi connectivity index (χ2n) is 2.25. The quantitative estimate of drug-likeness (QED) is 0.466. The van der Waals surface area contributed by atoms with Gasteiger partial charge in [-0.3, -0.25) is 0 Å². The molecule has 0 saturated heterocycles. The fraction of sp³-hybridized carbons (Fsp3) is 0.111. The normalized spacial score (nSPS) is 12.7. The van der Waals surface area contributed by atoms with Crippen molar-refractivity contribution in [3.8, 4) is 5.75 Å². The third kappa shape index (κ3) is 2.17. The molecule has 0 atom stereocenters. The van der Waals surface area contributed by atoms with E-state index in [9.17, 15) is 0 Å². The van der Waals surface area contributed by atoms with Gasteiger partial charge in [-0.1, -0.05) is 24.3 Å². The number of rotatable bonds is 0. The van der Waals surface area contributed by atoms with Crippen LogP contribution >= 0.6 is 0 Å². The van der Waals surface area contributed by atoms with Gasteiger partial charge in [0, 0.05) is 5.56 Å². The minimum atomic E-state index is 0. The van der Waals surface area contributed by atoms with Gasteiger partial charge in [0.15, 0.2) is 0 Å². The van der Waals surface area contributed by atoms with Crippen molar-refractivity contribution in [3.05, 3.63) is 35.9 Å². The van der Waals surface area contributed by atoms with E-state index >= 15 is 0 Å². The van der Waals surface area contributed by atoms with E-state index in [1.807, 2.05) is 30.3 Å². The molecule has 0 amide bonds. The first kappa shape index (κ1) is 9.48. The van der Waals surface area contributed by atoms with Crippen molar-refractivity contribution in [3.63, 3.8) is 0 Å². The van der Waals surface area contributed by atoms with Crippen LogP contribution in [0.2, 0.25) is 0 Å². The molecule has 52 valence electrons. The van der Waals surface area contributed by atoms with Gasteiger partial charge in [0.1, 0.15) is 12.4 Å². The summed E-state index contributed by atoms with van der Waals surface area (Å²) < 4.78 is 5.34. The third-order valence-corrected chi connectivity index (χ3v) is 1.55. The summed E-state index contributed by atoms with van der Waals surface area (Å²) in [6.07, 6.45) is 4.10. The van der Waals surface area contributed by atoms with E-state index in [4.69, 9.17) is 4.74 Å². The predicted molar refractivity (Wildman–Crippen MR) is 42.1 cm³/mol. The van der Waals surface area contributed by atoms with Crippen molar-refractivity contribution in [2.45, 2.75) is 0 Å². The maximum absolute atomic E-state index is 5.34. The van der Waals surface area contributed by atoms with E-state index in [2.05, 4.69) is 6.08 Å². The summed E-state index contributed by atoms with van der Waals surface area (Å²) in [5.74, 6) is 0.991. The Hall–Kier alpha value is 0.396. The molecule has 0 unspecified atom stereocenters. The molecule has 0 radical (unpaired) electrons. The van der Waals surface area contributed by atoms with Gasteiger partial charge in [0.05, 0.1) is 0 Å². The van der Waals surface area contributed by atoms with Crippen LogP contribution in [-0.4, -0.2) is 6.61 Å². The van der Waals surface area contributed by atoms with Crippen LogP contribution in [0.1, 0.15) is 6.99 Å². The third-order valence-electron chi connectivity index (χ3n) is 1.55. The summed E-state index contributed by atoms with van der Waals surface area (Å²) in [5.41, 5.74) is 1.17. The van der Waals surface area contributed by atoms with E-state index in [0.29, 0.717) is 6.61 Å². The molecule has 0 spiro atoms. The topological polar surface area (TPSA) is 9.23 Å². The molecule has 0 fully saturated rings. The van der Waals surface area contributed by atoms with Crippen LogP contribution in [0.15, 0.2) is 30.3 Å². The Balaban J connectivity index is 0.000000605. The first-order chi connectivity index (χ1) is 4.97. The monoisotopic (exact) mass is 172 g/mol. The second-order valence-corrected chi connectivity index (χ2v) is 2.25. The Morgan fingerprint density at radius 2 is 2.09 bits per heavy atom. The van der Waals surface area contributed by atoms with Crippen LogP contribution in [0.4, 0.5) is 0 Å². The van der Waals surface area contributed by atoms with Gasteiger partial charge in [0.25, 0.3) is 0 Å². The number of ether oxygens (including phenoxy) is 1. The zero-order chi connectivity index (χ0) is 6.81. The van der Waals surface area contributed by atoms with Gasteiger partial charge in [-0.25, -0.2) is 0 Å². The van der Waals surface area contributed by atoms with E-state index in [-0.39, 0.29) is 52.8 Å². The van der Waals surface area contributed by atoms with Gasteiger partial charge >= 0.3 is 51.4 Å². The first-order valence-corrected chi connectivity index (χ1v) is 3.35. The number of hydrogen-bond acceptors (Lipinski definition) is 1. The molecule has 1 aliphatic rings. The molecule has 0 aliphatic carbocycles. The number of fused-ring (bicyclic) bond motifs is 1. The smallest absolute Gasteiger partial charge is 1.00 e. The molecule has 0 aromatic heterocycles. The molecule has 11 heavy (non-hydrogen) atoms. The van der Waals surface area contributed by atoms with E-state index in [0.717, 1.165) is 5.75 Å².